The van der Waals surface area contributed by atoms with E-state index >= 15 is 0 Å². The molecule has 1 aliphatic heterocycles. The van der Waals surface area contributed by atoms with Crippen molar-refractivity contribution in [1.29, 1.82) is 0 Å². The SMILES string of the molecule is CC[C@H](C)[C@H](NC(=O)[C@H](Cc1c[nH]c2ccccc12)NC(=O)[C@@H]1CCCN1C(=O)[C@H](CCCN)NC(=O)[C@H](CCCN=C(N)N)NC)C(=O)N[C@@H](CC(C)C)C(=O)O. The van der Waals surface area contributed by atoms with Crippen molar-refractivity contribution in [2.75, 3.05) is 26.7 Å². The van der Waals surface area contributed by atoms with Gasteiger partial charge >= 0.3 is 5.97 Å². The topological polar surface area (TPSA) is 292 Å². The van der Waals surface area contributed by atoms with Gasteiger partial charge < -0.3 is 58.8 Å². The van der Waals surface area contributed by atoms with E-state index in [9.17, 15) is 33.9 Å². The number of guanidine groups is 1. The number of amides is 5. The van der Waals surface area contributed by atoms with E-state index in [-0.39, 0.29) is 50.1 Å². The molecule has 1 aromatic carbocycles. The van der Waals surface area contributed by atoms with Crippen molar-refractivity contribution >= 4 is 52.4 Å². The molecule has 18 heteroatoms. The van der Waals surface area contributed by atoms with Crippen LogP contribution in [-0.4, -0.2) is 119 Å². The molecule has 1 aromatic heterocycles. The monoisotopic (exact) mass is 812 g/mol. The molecule has 0 spiro atoms. The number of carboxylic acids is 1. The molecule has 0 aliphatic carbocycles. The van der Waals surface area contributed by atoms with Crippen LogP contribution in [0.2, 0.25) is 0 Å². The molecule has 13 N–H and O–H groups in total. The third-order valence-corrected chi connectivity index (χ3v) is 10.6. The van der Waals surface area contributed by atoms with Gasteiger partial charge in [0.15, 0.2) is 5.96 Å². The Morgan fingerprint density at radius 2 is 1.59 bits per heavy atom. The van der Waals surface area contributed by atoms with Crippen LogP contribution in [0.25, 0.3) is 10.9 Å². The van der Waals surface area contributed by atoms with E-state index in [1.165, 1.54) is 4.90 Å². The zero-order chi connectivity index (χ0) is 42.9. The number of para-hydroxylation sites is 1. The van der Waals surface area contributed by atoms with E-state index in [1.807, 2.05) is 45.0 Å². The molecule has 322 valence electrons. The van der Waals surface area contributed by atoms with Crippen LogP contribution in [0.4, 0.5) is 0 Å². The second-order valence-corrected chi connectivity index (χ2v) is 15.5. The van der Waals surface area contributed by atoms with Gasteiger partial charge in [-0.2, -0.15) is 0 Å². The summed E-state index contributed by atoms with van der Waals surface area (Å²) in [5.41, 5.74) is 18.2. The van der Waals surface area contributed by atoms with Gasteiger partial charge in [-0.3, -0.25) is 29.0 Å². The van der Waals surface area contributed by atoms with Crippen molar-refractivity contribution in [2.45, 2.75) is 122 Å². The predicted molar refractivity (Wildman–Crippen MR) is 222 cm³/mol. The number of aromatic amines is 1. The lowest BCUT2D eigenvalue weighted by Gasteiger charge is -2.31. The minimum atomic E-state index is -1.18. The molecule has 1 fully saturated rings. The second kappa shape index (κ2) is 23.2. The number of carboxylic acid groups (broad SMARTS) is 1. The Morgan fingerprint density at radius 1 is 0.914 bits per heavy atom. The van der Waals surface area contributed by atoms with Crippen LogP contribution in [-0.2, 0) is 35.2 Å². The number of H-pyrrole nitrogens is 1. The Morgan fingerprint density at radius 3 is 2.22 bits per heavy atom. The number of aliphatic imine (C=N–C) groups is 1. The fraction of sp³-hybridized carbons (Fsp3) is 0.625. The van der Waals surface area contributed by atoms with Gasteiger partial charge in [0.25, 0.3) is 0 Å². The number of nitrogens with one attached hydrogen (secondary N) is 6. The van der Waals surface area contributed by atoms with Crippen LogP contribution in [0.5, 0.6) is 0 Å². The molecule has 2 heterocycles. The normalized spacial score (nSPS) is 17.1. The van der Waals surface area contributed by atoms with E-state index < -0.39 is 71.8 Å². The third kappa shape index (κ3) is 13.7. The highest BCUT2D eigenvalue weighted by Gasteiger charge is 2.40. The number of hydrogen-bond acceptors (Lipinski definition) is 9. The van der Waals surface area contributed by atoms with Gasteiger partial charge in [-0.05, 0) is 82.0 Å². The summed E-state index contributed by atoms with van der Waals surface area (Å²) in [5.74, 6) is -4.28. The lowest BCUT2D eigenvalue weighted by molar-refractivity contribution is -0.143. The van der Waals surface area contributed by atoms with E-state index in [0.717, 1.165) is 16.5 Å². The highest BCUT2D eigenvalue weighted by Crippen LogP contribution is 2.23. The second-order valence-electron chi connectivity index (χ2n) is 15.5. The highest BCUT2D eigenvalue weighted by molar-refractivity contribution is 5.97. The van der Waals surface area contributed by atoms with E-state index in [2.05, 4.69) is 36.6 Å². The van der Waals surface area contributed by atoms with Gasteiger partial charge in [-0.15, -0.1) is 0 Å². The van der Waals surface area contributed by atoms with Crippen molar-refractivity contribution in [1.82, 2.24) is 36.5 Å². The Hall–Kier alpha value is -5.23. The quantitative estimate of drug-likeness (QED) is 0.0388. The maximum absolute atomic E-state index is 14.3. The summed E-state index contributed by atoms with van der Waals surface area (Å²) in [5, 5.41) is 24.8. The lowest BCUT2D eigenvalue weighted by atomic mass is 9.96. The summed E-state index contributed by atoms with van der Waals surface area (Å²) in [4.78, 5) is 90.3. The number of aliphatic carboxylic acids is 1. The van der Waals surface area contributed by atoms with Gasteiger partial charge in [-0.25, -0.2) is 4.79 Å². The Kier molecular flexibility index (Phi) is 18.9. The number of carbonyl (C=O) groups is 6. The summed E-state index contributed by atoms with van der Waals surface area (Å²) in [7, 11) is 1.64. The largest absolute Gasteiger partial charge is 0.480 e. The molecule has 7 atom stereocenters. The maximum Gasteiger partial charge on any atom is 0.326 e. The van der Waals surface area contributed by atoms with Crippen molar-refractivity contribution in [3.63, 3.8) is 0 Å². The third-order valence-electron chi connectivity index (χ3n) is 10.6. The summed E-state index contributed by atoms with van der Waals surface area (Å²) >= 11 is 0. The van der Waals surface area contributed by atoms with E-state index in [1.54, 1.807) is 20.2 Å². The van der Waals surface area contributed by atoms with E-state index in [0.29, 0.717) is 45.1 Å². The van der Waals surface area contributed by atoms with Crippen molar-refractivity contribution in [3.8, 4) is 0 Å². The molecule has 5 amide bonds. The predicted octanol–water partition coefficient (Wildman–Crippen LogP) is 0.198. The molecular weight excluding hydrogens is 747 g/mol. The average molecular weight is 812 g/mol. The number of benzene rings is 1. The number of likely N-dealkylation sites (tertiary alicyclic amines) is 1. The molecule has 0 unspecified atom stereocenters. The van der Waals surface area contributed by atoms with Crippen LogP contribution in [0.15, 0.2) is 35.5 Å². The van der Waals surface area contributed by atoms with Crippen LogP contribution in [0, 0.1) is 11.8 Å². The average Bonchev–Trinajstić information content (AvgIpc) is 3.85. The standard InChI is InChI=1S/C40H65N11O7/c1-6-24(4)33(37(55)49-31(39(57)58)20-23(2)3)50-35(53)30(21-25-22-46-27-13-8-7-12-26(25)27)48-36(54)32-16-11-19-51(32)38(56)29(14-9-17-41)47-34(52)28(44-5)15-10-18-45-40(42)43/h7-8,12-13,22-24,28-33,44,46H,6,9-11,14-21,41H2,1-5H3,(H,47,52)(H,48,54)(H,49,55)(H,50,53)(H,57,58)(H4,42,43,45)/t24-,28-,29-,30-,31-,32-,33-/m0/s1. The fourth-order valence-electron chi connectivity index (χ4n) is 7.17. The fourth-order valence-corrected chi connectivity index (χ4v) is 7.17. The molecule has 18 nitrogen and oxygen atoms in total. The maximum atomic E-state index is 14.3. The molecule has 58 heavy (non-hydrogen) atoms. The van der Waals surface area contributed by atoms with Gasteiger partial charge in [0.2, 0.25) is 29.5 Å². The highest BCUT2D eigenvalue weighted by atomic mass is 16.4. The molecule has 3 rings (SSSR count). The number of nitrogens with zero attached hydrogens (tertiary/aromatic N) is 2. The number of rotatable bonds is 24. The van der Waals surface area contributed by atoms with E-state index in [4.69, 9.17) is 17.2 Å². The minimum absolute atomic E-state index is 0.0128. The first-order valence-electron chi connectivity index (χ1n) is 20.3. The van der Waals surface area contributed by atoms with Gasteiger partial charge in [0, 0.05) is 36.6 Å². The molecule has 0 saturated carbocycles. The lowest BCUT2D eigenvalue weighted by Crippen LogP contribution is -2.60. The van der Waals surface area contributed by atoms with Crippen molar-refractivity contribution < 1.29 is 33.9 Å². The summed E-state index contributed by atoms with van der Waals surface area (Å²) in [6.45, 7) is 8.22. The summed E-state index contributed by atoms with van der Waals surface area (Å²) < 4.78 is 0. The number of likely N-dealkylation sites (N-methyl/N-ethyl adjacent to an activating group) is 1. The van der Waals surface area contributed by atoms with Crippen LogP contribution in [0.1, 0.15) is 84.6 Å². The molecule has 1 saturated heterocycles. The van der Waals surface area contributed by atoms with Crippen LogP contribution < -0.4 is 43.8 Å². The van der Waals surface area contributed by atoms with Crippen molar-refractivity contribution in [2.24, 2.45) is 34.0 Å². The Balaban J connectivity index is 1.87. The molecule has 0 bridgehead atoms. The molecule has 0 radical (unpaired) electrons. The van der Waals surface area contributed by atoms with Gasteiger partial charge in [-0.1, -0.05) is 52.3 Å². The Bertz CT molecular complexity index is 1730. The first-order valence-corrected chi connectivity index (χ1v) is 20.3. The first-order chi connectivity index (χ1) is 27.6. The van der Waals surface area contributed by atoms with Gasteiger partial charge in [0.1, 0.15) is 30.2 Å². The van der Waals surface area contributed by atoms with Crippen molar-refractivity contribution in [3.05, 3.63) is 36.0 Å². The summed E-state index contributed by atoms with van der Waals surface area (Å²) in [6, 6.07) is 1.56. The Labute approximate surface area is 340 Å². The molecular formula is C40H65N11O7. The smallest absolute Gasteiger partial charge is 0.326 e. The van der Waals surface area contributed by atoms with Crippen LogP contribution in [0.3, 0.4) is 0 Å². The van der Waals surface area contributed by atoms with Gasteiger partial charge in [0.05, 0.1) is 6.04 Å². The number of hydrogen-bond donors (Lipinski definition) is 10. The number of fused-ring (bicyclic) bond motifs is 1. The zero-order valence-corrected chi connectivity index (χ0v) is 34.5. The number of carbonyl (C=O) groups excluding carboxylic acids is 5. The molecule has 2 aromatic rings. The first kappa shape index (κ1) is 47.1. The number of aromatic nitrogens is 1. The van der Waals surface area contributed by atoms with Crippen LogP contribution >= 0.6 is 0 Å². The minimum Gasteiger partial charge on any atom is -0.480 e. The zero-order valence-electron chi connectivity index (χ0n) is 34.5. The summed E-state index contributed by atoms with van der Waals surface area (Å²) in [6.07, 6.45) is 4.96. The number of nitrogens with two attached hydrogens (primary N) is 3. The molecule has 1 aliphatic rings.